The fraction of sp³-hybridized carbons (Fsp3) is 0.529. The largest absolute Gasteiger partial charge is 0.458 e. The topological polar surface area (TPSA) is 42.6 Å². The molecule has 0 amide bonds. The molecule has 1 N–H and O–H groups in total. The number of furan rings is 1. The lowest BCUT2D eigenvalue weighted by Gasteiger charge is -2.11. The molecular weight excluding hydrogens is 271 g/mol. The molecule has 2 atom stereocenters. The molecule has 0 saturated carbocycles. The maximum Gasteiger partial charge on any atom is 0.136 e. The monoisotopic (exact) mass is 292 g/mol. The summed E-state index contributed by atoms with van der Waals surface area (Å²) in [5, 5.41) is 11.1. The molecule has 0 spiro atoms. The van der Waals surface area contributed by atoms with Crippen molar-refractivity contribution in [3.05, 3.63) is 35.3 Å². The molecule has 0 bridgehead atoms. The SMILES string of the molecule is Cc1c(C(O)CCCC2CCCO2)oc2ccc(F)cc12. The average Bonchev–Trinajstić information content (AvgIpc) is 3.08. The van der Waals surface area contributed by atoms with E-state index >= 15 is 0 Å². The quantitative estimate of drug-likeness (QED) is 0.895. The molecule has 0 aliphatic carbocycles. The second-order valence-electron chi connectivity index (χ2n) is 5.81. The van der Waals surface area contributed by atoms with Crippen molar-refractivity contribution in [3.63, 3.8) is 0 Å². The van der Waals surface area contributed by atoms with E-state index in [0.717, 1.165) is 43.2 Å². The number of benzene rings is 1. The fourth-order valence-corrected chi connectivity index (χ4v) is 3.07. The van der Waals surface area contributed by atoms with Gasteiger partial charge in [0.1, 0.15) is 23.3 Å². The maximum atomic E-state index is 13.3. The summed E-state index contributed by atoms with van der Waals surface area (Å²) in [5.41, 5.74) is 1.45. The van der Waals surface area contributed by atoms with Crippen molar-refractivity contribution < 1.29 is 18.7 Å². The first-order valence-corrected chi connectivity index (χ1v) is 7.63. The number of hydrogen-bond donors (Lipinski definition) is 1. The Bertz CT molecular complexity index is 614. The van der Waals surface area contributed by atoms with Crippen molar-refractivity contribution in [2.24, 2.45) is 0 Å². The molecule has 4 heteroatoms. The Hall–Kier alpha value is -1.39. The normalized spacial score (nSPS) is 20.2. The summed E-state index contributed by atoms with van der Waals surface area (Å²) in [7, 11) is 0. The van der Waals surface area contributed by atoms with Gasteiger partial charge in [-0.25, -0.2) is 4.39 Å². The molecule has 3 rings (SSSR count). The van der Waals surface area contributed by atoms with E-state index in [1.54, 1.807) is 6.07 Å². The Morgan fingerprint density at radius 1 is 1.43 bits per heavy atom. The Morgan fingerprint density at radius 2 is 2.29 bits per heavy atom. The molecule has 1 aliphatic rings. The molecule has 2 unspecified atom stereocenters. The van der Waals surface area contributed by atoms with Crippen LogP contribution >= 0.6 is 0 Å². The van der Waals surface area contributed by atoms with Gasteiger partial charge in [-0.15, -0.1) is 0 Å². The first kappa shape index (κ1) is 14.5. The van der Waals surface area contributed by atoms with Gasteiger partial charge in [-0.05, 0) is 57.2 Å². The van der Waals surface area contributed by atoms with Crippen LogP contribution in [0.1, 0.15) is 49.5 Å². The number of fused-ring (bicyclic) bond motifs is 1. The van der Waals surface area contributed by atoms with Crippen LogP contribution in [0, 0.1) is 12.7 Å². The third-order valence-electron chi connectivity index (χ3n) is 4.27. The minimum absolute atomic E-state index is 0.286. The Balaban J connectivity index is 1.66. The molecular formula is C17H21FO3. The van der Waals surface area contributed by atoms with Crippen molar-refractivity contribution in [2.45, 2.75) is 51.2 Å². The second kappa shape index (κ2) is 6.16. The van der Waals surface area contributed by atoms with Crippen LogP contribution in [-0.4, -0.2) is 17.8 Å². The van der Waals surface area contributed by atoms with Crippen molar-refractivity contribution in [2.75, 3.05) is 6.61 Å². The number of halogens is 1. The number of hydrogen-bond acceptors (Lipinski definition) is 3. The van der Waals surface area contributed by atoms with Crippen molar-refractivity contribution >= 4 is 11.0 Å². The molecule has 1 aromatic carbocycles. The lowest BCUT2D eigenvalue weighted by Crippen LogP contribution is -2.06. The molecule has 2 heterocycles. The van der Waals surface area contributed by atoms with Gasteiger partial charge in [-0.2, -0.15) is 0 Å². The lowest BCUT2D eigenvalue weighted by atomic mass is 10.0. The van der Waals surface area contributed by atoms with Gasteiger partial charge >= 0.3 is 0 Å². The van der Waals surface area contributed by atoms with Crippen molar-refractivity contribution in [1.82, 2.24) is 0 Å². The molecule has 1 saturated heterocycles. The Morgan fingerprint density at radius 3 is 3.05 bits per heavy atom. The van der Waals surface area contributed by atoms with Crippen molar-refractivity contribution in [3.8, 4) is 0 Å². The van der Waals surface area contributed by atoms with E-state index < -0.39 is 6.10 Å². The van der Waals surface area contributed by atoms with Crippen LogP contribution in [0.5, 0.6) is 0 Å². The Kier molecular flexibility index (Phi) is 4.27. The second-order valence-corrected chi connectivity index (χ2v) is 5.81. The molecule has 0 radical (unpaired) electrons. The van der Waals surface area contributed by atoms with Crippen LogP contribution in [0.25, 0.3) is 11.0 Å². The minimum Gasteiger partial charge on any atom is -0.458 e. The minimum atomic E-state index is -0.637. The van der Waals surface area contributed by atoms with Crippen LogP contribution in [0.2, 0.25) is 0 Å². The number of rotatable bonds is 5. The summed E-state index contributed by atoms with van der Waals surface area (Å²) in [6.45, 7) is 2.73. The number of ether oxygens (including phenoxy) is 1. The van der Waals surface area contributed by atoms with Crippen LogP contribution in [0.3, 0.4) is 0 Å². The van der Waals surface area contributed by atoms with Gasteiger partial charge in [-0.3, -0.25) is 0 Å². The van der Waals surface area contributed by atoms with Gasteiger partial charge < -0.3 is 14.3 Å². The third kappa shape index (κ3) is 3.11. The van der Waals surface area contributed by atoms with E-state index in [1.807, 2.05) is 6.92 Å². The highest BCUT2D eigenvalue weighted by molar-refractivity contribution is 5.82. The Labute approximate surface area is 123 Å². The molecule has 21 heavy (non-hydrogen) atoms. The first-order valence-electron chi connectivity index (χ1n) is 7.63. The molecule has 1 aliphatic heterocycles. The predicted molar refractivity (Wildman–Crippen MR) is 78.7 cm³/mol. The molecule has 3 nitrogen and oxygen atoms in total. The highest BCUT2D eigenvalue weighted by atomic mass is 19.1. The molecule has 1 aromatic heterocycles. The number of aliphatic hydroxyl groups excluding tert-OH is 1. The zero-order chi connectivity index (χ0) is 14.8. The lowest BCUT2D eigenvalue weighted by molar-refractivity contribution is 0.0910. The van der Waals surface area contributed by atoms with E-state index in [4.69, 9.17) is 9.15 Å². The first-order chi connectivity index (χ1) is 10.1. The molecule has 114 valence electrons. The highest BCUT2D eigenvalue weighted by Gasteiger charge is 2.20. The van der Waals surface area contributed by atoms with Gasteiger partial charge in [0.2, 0.25) is 0 Å². The third-order valence-corrected chi connectivity index (χ3v) is 4.27. The van der Waals surface area contributed by atoms with E-state index in [-0.39, 0.29) is 5.82 Å². The fourth-order valence-electron chi connectivity index (χ4n) is 3.07. The van der Waals surface area contributed by atoms with Gasteiger partial charge in [0.05, 0.1) is 6.10 Å². The molecule has 2 aromatic rings. The van der Waals surface area contributed by atoms with Gasteiger partial charge in [0.15, 0.2) is 0 Å². The summed E-state index contributed by atoms with van der Waals surface area (Å²) in [5.74, 6) is 0.272. The van der Waals surface area contributed by atoms with E-state index in [9.17, 15) is 9.50 Å². The van der Waals surface area contributed by atoms with Crippen LogP contribution in [0.15, 0.2) is 22.6 Å². The zero-order valence-electron chi connectivity index (χ0n) is 12.3. The van der Waals surface area contributed by atoms with E-state index in [1.165, 1.54) is 12.1 Å². The highest BCUT2D eigenvalue weighted by Crippen LogP contribution is 2.32. The van der Waals surface area contributed by atoms with E-state index in [0.29, 0.717) is 23.9 Å². The van der Waals surface area contributed by atoms with Crippen molar-refractivity contribution in [1.29, 1.82) is 0 Å². The number of aryl methyl sites for hydroxylation is 1. The number of aliphatic hydroxyl groups is 1. The van der Waals surface area contributed by atoms with Crippen LogP contribution in [0.4, 0.5) is 4.39 Å². The summed E-state index contributed by atoms with van der Waals surface area (Å²) >= 11 is 0. The predicted octanol–water partition coefficient (Wildman–Crippen LogP) is 4.26. The summed E-state index contributed by atoms with van der Waals surface area (Å²) in [6, 6.07) is 4.44. The zero-order valence-corrected chi connectivity index (χ0v) is 12.3. The van der Waals surface area contributed by atoms with Crippen LogP contribution < -0.4 is 0 Å². The van der Waals surface area contributed by atoms with Gasteiger partial charge in [0, 0.05) is 17.6 Å². The smallest absolute Gasteiger partial charge is 0.136 e. The summed E-state index contributed by atoms with van der Waals surface area (Å²) in [4.78, 5) is 0. The maximum absolute atomic E-state index is 13.3. The van der Waals surface area contributed by atoms with Gasteiger partial charge in [0.25, 0.3) is 0 Å². The standard InChI is InChI=1S/C17H21FO3/c1-11-14-10-12(18)7-8-16(14)21-17(11)15(19)6-2-4-13-5-3-9-20-13/h7-8,10,13,15,19H,2-6,9H2,1H3. The summed E-state index contributed by atoms with van der Waals surface area (Å²) in [6.07, 6.45) is 4.50. The van der Waals surface area contributed by atoms with Crippen LogP contribution in [-0.2, 0) is 4.74 Å². The van der Waals surface area contributed by atoms with Gasteiger partial charge in [-0.1, -0.05) is 0 Å². The molecule has 1 fully saturated rings. The summed E-state index contributed by atoms with van der Waals surface area (Å²) < 4.78 is 24.6. The van der Waals surface area contributed by atoms with E-state index in [2.05, 4.69) is 0 Å². The average molecular weight is 292 g/mol.